The monoisotopic (exact) mass is 257 g/mol. The smallest absolute Gasteiger partial charge is 0.172 e. The van der Waals surface area contributed by atoms with Crippen LogP contribution in [0.5, 0.6) is 5.75 Å². The van der Waals surface area contributed by atoms with Crippen molar-refractivity contribution in [3.63, 3.8) is 0 Å². The molecule has 1 aromatic carbocycles. The molecule has 5 heteroatoms. The number of aldehydes is 1. The van der Waals surface area contributed by atoms with Gasteiger partial charge in [0.1, 0.15) is 11.4 Å². The number of rotatable bonds is 6. The average Bonchev–Trinajstić information content (AvgIpc) is 2.82. The van der Waals surface area contributed by atoms with Crippen LogP contribution in [0.4, 0.5) is 0 Å². The maximum Gasteiger partial charge on any atom is 0.172 e. The zero-order valence-corrected chi connectivity index (χ0v) is 10.7. The van der Waals surface area contributed by atoms with E-state index < -0.39 is 0 Å². The molecule has 0 aliphatic rings. The number of ether oxygens (including phenoxy) is 1. The molecule has 1 aromatic heterocycles. The van der Waals surface area contributed by atoms with Gasteiger partial charge in [-0.2, -0.15) is 0 Å². The highest BCUT2D eigenvalue weighted by atomic mass is 16.5. The Morgan fingerprint density at radius 2 is 2.11 bits per heavy atom. The fourth-order valence-corrected chi connectivity index (χ4v) is 1.83. The molecule has 0 aliphatic heterocycles. The van der Waals surface area contributed by atoms with Crippen molar-refractivity contribution >= 4 is 6.29 Å². The van der Waals surface area contributed by atoms with Gasteiger partial charge in [-0.05, 0) is 17.7 Å². The molecule has 0 radical (unpaired) electrons. The first-order chi connectivity index (χ1) is 9.28. The molecule has 0 bridgehead atoms. The lowest BCUT2D eigenvalue weighted by atomic mass is 10.1. The van der Waals surface area contributed by atoms with Gasteiger partial charge in [-0.15, -0.1) is 11.7 Å². The van der Waals surface area contributed by atoms with Crippen molar-refractivity contribution in [1.82, 2.24) is 15.0 Å². The summed E-state index contributed by atoms with van der Waals surface area (Å²) >= 11 is 0. The third-order valence-electron chi connectivity index (χ3n) is 2.81. The van der Waals surface area contributed by atoms with E-state index in [0.29, 0.717) is 18.7 Å². The largest absolute Gasteiger partial charge is 0.497 e. The van der Waals surface area contributed by atoms with E-state index in [1.54, 1.807) is 17.9 Å². The second-order valence-corrected chi connectivity index (χ2v) is 4.03. The first-order valence-electron chi connectivity index (χ1n) is 5.90. The Morgan fingerprint density at radius 1 is 1.37 bits per heavy atom. The van der Waals surface area contributed by atoms with Gasteiger partial charge in [-0.1, -0.05) is 23.4 Å². The highest BCUT2D eigenvalue weighted by Gasteiger charge is 2.12. The van der Waals surface area contributed by atoms with Crippen LogP contribution >= 0.6 is 0 Å². The van der Waals surface area contributed by atoms with Crippen molar-refractivity contribution in [2.45, 2.75) is 13.0 Å². The second-order valence-electron chi connectivity index (χ2n) is 4.03. The molecule has 0 fully saturated rings. The predicted octanol–water partition coefficient (Wildman–Crippen LogP) is 1.88. The molecule has 0 atom stereocenters. The van der Waals surface area contributed by atoms with Crippen LogP contribution in [-0.4, -0.2) is 28.4 Å². The lowest BCUT2D eigenvalue weighted by Gasteiger charge is -2.06. The normalized spacial score (nSPS) is 10.2. The summed E-state index contributed by atoms with van der Waals surface area (Å²) in [5.74, 6) is 0.803. The number of hydrogen-bond acceptors (Lipinski definition) is 4. The van der Waals surface area contributed by atoms with Gasteiger partial charge in [0, 0.05) is 6.42 Å². The third-order valence-corrected chi connectivity index (χ3v) is 2.81. The van der Waals surface area contributed by atoms with Crippen LogP contribution in [0, 0.1) is 0 Å². The van der Waals surface area contributed by atoms with Crippen molar-refractivity contribution in [2.24, 2.45) is 0 Å². The number of methoxy groups -OCH3 is 1. The lowest BCUT2D eigenvalue weighted by Crippen LogP contribution is -2.05. The van der Waals surface area contributed by atoms with E-state index in [1.165, 1.54) is 0 Å². The summed E-state index contributed by atoms with van der Waals surface area (Å²) in [5, 5.41) is 7.80. The van der Waals surface area contributed by atoms with Crippen LogP contribution in [0.3, 0.4) is 0 Å². The molecular weight excluding hydrogens is 242 g/mol. The van der Waals surface area contributed by atoms with E-state index in [9.17, 15) is 4.79 Å². The topological polar surface area (TPSA) is 57.0 Å². The van der Waals surface area contributed by atoms with Crippen molar-refractivity contribution in [3.05, 3.63) is 53.9 Å². The van der Waals surface area contributed by atoms with Gasteiger partial charge in [0.15, 0.2) is 6.29 Å². The number of hydrogen-bond donors (Lipinski definition) is 0. The lowest BCUT2D eigenvalue weighted by molar-refractivity contribution is 0.111. The standard InChI is InChI=1S/C14H15N3O2/c1-3-8-17-14(13(10-18)15-16-17)9-11-4-6-12(19-2)7-5-11/h3-7,10H,1,8-9H2,2H3. The zero-order valence-electron chi connectivity index (χ0n) is 10.7. The maximum absolute atomic E-state index is 11.0. The molecule has 0 amide bonds. The molecule has 5 nitrogen and oxygen atoms in total. The van der Waals surface area contributed by atoms with Crippen molar-refractivity contribution in [1.29, 1.82) is 0 Å². The van der Waals surface area contributed by atoms with Gasteiger partial charge in [0.05, 0.1) is 19.3 Å². The Bertz CT molecular complexity index is 573. The minimum atomic E-state index is 0.373. The number of carbonyl (C=O) groups is 1. The second kappa shape index (κ2) is 5.95. The molecular formula is C14H15N3O2. The molecule has 0 saturated carbocycles. The number of benzene rings is 1. The van der Waals surface area contributed by atoms with Crippen LogP contribution in [0.1, 0.15) is 21.7 Å². The summed E-state index contributed by atoms with van der Waals surface area (Å²) in [6.07, 6.45) is 3.05. The summed E-state index contributed by atoms with van der Waals surface area (Å²) in [6.45, 7) is 4.20. The molecule has 98 valence electrons. The van der Waals surface area contributed by atoms with Crippen molar-refractivity contribution in [3.8, 4) is 5.75 Å². The summed E-state index contributed by atoms with van der Waals surface area (Å²) in [4.78, 5) is 11.0. The minimum Gasteiger partial charge on any atom is -0.497 e. The van der Waals surface area contributed by atoms with Gasteiger partial charge in [0.2, 0.25) is 0 Å². The van der Waals surface area contributed by atoms with Gasteiger partial charge in [-0.25, -0.2) is 4.68 Å². The average molecular weight is 257 g/mol. The molecule has 19 heavy (non-hydrogen) atoms. The first-order valence-corrected chi connectivity index (χ1v) is 5.90. The molecule has 0 N–H and O–H groups in total. The zero-order chi connectivity index (χ0) is 13.7. The fraction of sp³-hybridized carbons (Fsp3) is 0.214. The van der Waals surface area contributed by atoms with Gasteiger partial charge in [0.25, 0.3) is 0 Å². The molecule has 0 saturated heterocycles. The van der Waals surface area contributed by atoms with Gasteiger partial charge < -0.3 is 4.74 Å². The summed E-state index contributed by atoms with van der Waals surface area (Å²) in [6, 6.07) is 7.69. The van der Waals surface area contributed by atoms with E-state index in [-0.39, 0.29) is 0 Å². The Kier molecular flexibility index (Phi) is 4.07. The maximum atomic E-state index is 11.0. The number of nitrogens with zero attached hydrogens (tertiary/aromatic N) is 3. The quantitative estimate of drug-likeness (QED) is 0.585. The van der Waals surface area contributed by atoms with Crippen LogP contribution in [0.2, 0.25) is 0 Å². The number of allylic oxidation sites excluding steroid dienone is 1. The fourth-order valence-electron chi connectivity index (χ4n) is 1.83. The predicted molar refractivity (Wildman–Crippen MR) is 71.4 cm³/mol. The SMILES string of the molecule is C=CCn1nnc(C=O)c1Cc1ccc(OC)cc1. The van der Waals surface area contributed by atoms with E-state index in [1.807, 2.05) is 24.3 Å². The van der Waals surface area contributed by atoms with E-state index in [0.717, 1.165) is 23.3 Å². The highest BCUT2D eigenvalue weighted by molar-refractivity contribution is 5.73. The molecule has 2 aromatic rings. The Hall–Kier alpha value is -2.43. The van der Waals surface area contributed by atoms with Crippen molar-refractivity contribution < 1.29 is 9.53 Å². The van der Waals surface area contributed by atoms with E-state index in [4.69, 9.17) is 4.74 Å². The summed E-state index contributed by atoms with van der Waals surface area (Å²) in [5.41, 5.74) is 2.23. The summed E-state index contributed by atoms with van der Waals surface area (Å²) in [7, 11) is 1.63. The van der Waals surface area contributed by atoms with Crippen LogP contribution in [-0.2, 0) is 13.0 Å². The van der Waals surface area contributed by atoms with E-state index in [2.05, 4.69) is 16.9 Å². The van der Waals surface area contributed by atoms with Crippen LogP contribution in [0.25, 0.3) is 0 Å². The Morgan fingerprint density at radius 3 is 2.68 bits per heavy atom. The molecule has 2 rings (SSSR count). The summed E-state index contributed by atoms with van der Waals surface area (Å²) < 4.78 is 6.79. The first kappa shape index (κ1) is 13.0. The molecule has 0 unspecified atom stereocenters. The van der Waals surface area contributed by atoms with Crippen LogP contribution < -0.4 is 4.74 Å². The van der Waals surface area contributed by atoms with Gasteiger partial charge in [-0.3, -0.25) is 4.79 Å². The Labute approximate surface area is 111 Å². The molecule has 1 heterocycles. The molecule has 0 spiro atoms. The Balaban J connectivity index is 2.27. The molecule has 0 aliphatic carbocycles. The number of carbonyl (C=O) groups excluding carboxylic acids is 1. The number of aromatic nitrogens is 3. The third kappa shape index (κ3) is 2.88. The van der Waals surface area contributed by atoms with Crippen LogP contribution in [0.15, 0.2) is 36.9 Å². The highest BCUT2D eigenvalue weighted by Crippen LogP contribution is 2.16. The van der Waals surface area contributed by atoms with E-state index >= 15 is 0 Å². The van der Waals surface area contributed by atoms with Gasteiger partial charge >= 0.3 is 0 Å². The minimum absolute atomic E-state index is 0.373. The van der Waals surface area contributed by atoms with Crippen molar-refractivity contribution in [2.75, 3.05) is 7.11 Å².